The molecule has 0 aliphatic carbocycles. The quantitative estimate of drug-likeness (QED) is 0.496. The number of fused-ring (bicyclic) bond motifs is 1. The number of rotatable bonds is 2. The number of nitrogens with one attached hydrogen (secondary N) is 2. The van der Waals surface area contributed by atoms with Gasteiger partial charge in [0.05, 0.1) is 5.69 Å². The highest BCUT2D eigenvalue weighted by atomic mass is 32.1. The summed E-state index contributed by atoms with van der Waals surface area (Å²) in [6, 6.07) is 14.1. The Morgan fingerprint density at radius 3 is 2.70 bits per heavy atom. The number of aromatic hydroxyl groups is 1. The number of thiocarbonyl (C=S) groups is 1. The predicted molar refractivity (Wildman–Crippen MR) is 92.7 cm³/mol. The van der Waals surface area contributed by atoms with Gasteiger partial charge in [-0.25, -0.2) is 0 Å². The van der Waals surface area contributed by atoms with Gasteiger partial charge in [-0.2, -0.15) is 0 Å². The summed E-state index contributed by atoms with van der Waals surface area (Å²) >= 11 is 5.09. The number of amides is 1. The summed E-state index contributed by atoms with van der Waals surface area (Å²) in [7, 11) is 0. The lowest BCUT2D eigenvalue weighted by atomic mass is 10.2. The van der Waals surface area contributed by atoms with E-state index in [-0.39, 0.29) is 16.6 Å². The van der Waals surface area contributed by atoms with Crippen molar-refractivity contribution in [1.82, 2.24) is 5.32 Å². The molecule has 0 saturated carbocycles. The fraction of sp³-hybridized carbons (Fsp3) is 0.0588. The largest absolute Gasteiger partial charge is 0.506 e. The van der Waals surface area contributed by atoms with E-state index in [0.717, 1.165) is 10.9 Å². The number of phenols is 1. The summed E-state index contributed by atoms with van der Waals surface area (Å²) in [5.74, 6) is -0.223. The zero-order chi connectivity index (χ0) is 16.4. The van der Waals surface area contributed by atoms with Crippen LogP contribution in [0.2, 0.25) is 0 Å². The molecule has 1 amide bonds. The normalized spacial score (nSPS) is 10.5. The maximum Gasteiger partial charge on any atom is 0.293 e. The molecular formula is C17H14N2O3S. The number of carbonyl (C=O) groups excluding carboxylic acids is 1. The third kappa shape index (κ3) is 3.32. The van der Waals surface area contributed by atoms with Crippen molar-refractivity contribution in [1.29, 1.82) is 0 Å². The molecule has 0 spiro atoms. The van der Waals surface area contributed by atoms with Crippen LogP contribution in [0.4, 0.5) is 5.69 Å². The maximum atomic E-state index is 12.2. The molecule has 5 nitrogen and oxygen atoms in total. The standard InChI is InChI=1S/C17H14N2O3S/c1-10-6-7-12(13(20)8-10)18-17(23)19-16(21)15-9-11-4-2-3-5-14(11)22-15/h2-9,20H,1H3,(H2,18,19,21,23). The zero-order valence-corrected chi connectivity index (χ0v) is 13.1. The van der Waals surface area contributed by atoms with Crippen LogP contribution in [0.25, 0.3) is 11.0 Å². The molecule has 0 unspecified atom stereocenters. The minimum absolute atomic E-state index is 0.0605. The Bertz CT molecular complexity index is 869. The highest BCUT2D eigenvalue weighted by Gasteiger charge is 2.14. The first kappa shape index (κ1) is 15.1. The van der Waals surface area contributed by atoms with Gasteiger partial charge < -0.3 is 14.8 Å². The first-order valence-corrected chi connectivity index (χ1v) is 7.34. The number of hydrogen-bond acceptors (Lipinski definition) is 4. The number of furan rings is 1. The summed E-state index contributed by atoms with van der Waals surface area (Å²) in [6.45, 7) is 1.87. The first-order valence-electron chi connectivity index (χ1n) is 6.93. The number of carbonyl (C=O) groups is 1. The molecule has 0 atom stereocenters. The molecule has 0 saturated heterocycles. The van der Waals surface area contributed by atoms with Crippen LogP contribution in [-0.4, -0.2) is 16.1 Å². The van der Waals surface area contributed by atoms with E-state index in [4.69, 9.17) is 16.6 Å². The van der Waals surface area contributed by atoms with Crippen molar-refractivity contribution in [3.63, 3.8) is 0 Å². The Morgan fingerprint density at radius 1 is 1.17 bits per heavy atom. The van der Waals surface area contributed by atoms with Gasteiger partial charge in [0.15, 0.2) is 10.9 Å². The third-order valence-electron chi connectivity index (χ3n) is 3.28. The topological polar surface area (TPSA) is 74.5 Å². The van der Waals surface area contributed by atoms with Gasteiger partial charge in [0.2, 0.25) is 0 Å². The van der Waals surface area contributed by atoms with Gasteiger partial charge >= 0.3 is 0 Å². The zero-order valence-electron chi connectivity index (χ0n) is 12.3. The van der Waals surface area contributed by atoms with E-state index in [1.807, 2.05) is 31.2 Å². The number of phenolic OH excluding ortho intramolecular Hbond substituents is 1. The van der Waals surface area contributed by atoms with Crippen LogP contribution in [0, 0.1) is 6.92 Å². The lowest BCUT2D eigenvalue weighted by Gasteiger charge is -2.10. The molecule has 0 radical (unpaired) electrons. The lowest BCUT2D eigenvalue weighted by Crippen LogP contribution is -2.33. The number of benzene rings is 2. The van der Waals surface area contributed by atoms with E-state index in [2.05, 4.69) is 10.6 Å². The van der Waals surface area contributed by atoms with Crippen molar-refractivity contribution in [2.75, 3.05) is 5.32 Å². The fourth-order valence-electron chi connectivity index (χ4n) is 2.16. The van der Waals surface area contributed by atoms with Gasteiger partial charge in [-0.1, -0.05) is 24.3 Å². The molecule has 2 aromatic carbocycles. The first-order chi connectivity index (χ1) is 11.0. The lowest BCUT2D eigenvalue weighted by molar-refractivity contribution is 0.0953. The van der Waals surface area contributed by atoms with Crippen LogP contribution < -0.4 is 10.6 Å². The van der Waals surface area contributed by atoms with E-state index in [0.29, 0.717) is 11.3 Å². The van der Waals surface area contributed by atoms with E-state index in [1.165, 1.54) is 0 Å². The van der Waals surface area contributed by atoms with Crippen molar-refractivity contribution in [2.24, 2.45) is 0 Å². The van der Waals surface area contributed by atoms with E-state index in [9.17, 15) is 9.90 Å². The third-order valence-corrected chi connectivity index (χ3v) is 3.48. The van der Waals surface area contributed by atoms with Crippen LogP contribution >= 0.6 is 12.2 Å². The monoisotopic (exact) mass is 326 g/mol. The SMILES string of the molecule is Cc1ccc(NC(=S)NC(=O)c2cc3ccccc3o2)c(O)c1. The summed E-state index contributed by atoms with van der Waals surface area (Å²) in [6.07, 6.45) is 0. The van der Waals surface area contributed by atoms with Crippen molar-refractivity contribution in [2.45, 2.75) is 6.92 Å². The second-order valence-corrected chi connectivity index (χ2v) is 5.49. The Morgan fingerprint density at radius 2 is 1.96 bits per heavy atom. The molecule has 1 aromatic heterocycles. The van der Waals surface area contributed by atoms with Crippen LogP contribution in [0.15, 0.2) is 52.9 Å². The average molecular weight is 326 g/mol. The van der Waals surface area contributed by atoms with E-state index >= 15 is 0 Å². The Hall–Kier alpha value is -2.86. The molecule has 0 fully saturated rings. The summed E-state index contributed by atoms with van der Waals surface area (Å²) in [4.78, 5) is 12.2. The predicted octanol–water partition coefficient (Wildman–Crippen LogP) is 3.57. The van der Waals surface area contributed by atoms with Crippen molar-refractivity contribution in [3.05, 3.63) is 59.9 Å². The number of anilines is 1. The van der Waals surface area contributed by atoms with Crippen molar-refractivity contribution in [3.8, 4) is 5.75 Å². The second-order valence-electron chi connectivity index (χ2n) is 5.08. The summed E-state index contributed by atoms with van der Waals surface area (Å²) in [5, 5.41) is 16.1. The summed E-state index contributed by atoms with van der Waals surface area (Å²) in [5.41, 5.74) is 1.98. The van der Waals surface area contributed by atoms with Crippen LogP contribution in [-0.2, 0) is 0 Å². The molecule has 116 valence electrons. The average Bonchev–Trinajstić information content (AvgIpc) is 2.94. The minimum atomic E-state index is -0.453. The van der Waals surface area contributed by atoms with Crippen molar-refractivity contribution >= 4 is 39.9 Å². The van der Waals surface area contributed by atoms with Gasteiger partial charge in [0, 0.05) is 5.39 Å². The second kappa shape index (κ2) is 6.10. The van der Waals surface area contributed by atoms with Crippen LogP contribution in [0.5, 0.6) is 5.75 Å². The number of aryl methyl sites for hydroxylation is 1. The molecule has 0 aliphatic rings. The minimum Gasteiger partial charge on any atom is -0.506 e. The van der Waals surface area contributed by atoms with Gasteiger partial charge in [-0.15, -0.1) is 0 Å². The number of hydrogen-bond donors (Lipinski definition) is 3. The van der Waals surface area contributed by atoms with Gasteiger partial charge in [-0.3, -0.25) is 10.1 Å². The molecule has 6 heteroatoms. The fourth-order valence-corrected chi connectivity index (χ4v) is 2.36. The Kier molecular flexibility index (Phi) is 3.99. The highest BCUT2D eigenvalue weighted by molar-refractivity contribution is 7.80. The Labute approximate surface area is 137 Å². The van der Waals surface area contributed by atoms with E-state index < -0.39 is 5.91 Å². The smallest absolute Gasteiger partial charge is 0.293 e. The van der Waals surface area contributed by atoms with Gasteiger partial charge in [0.1, 0.15) is 11.3 Å². The van der Waals surface area contributed by atoms with E-state index in [1.54, 1.807) is 24.3 Å². The molecule has 3 N–H and O–H groups in total. The maximum absolute atomic E-state index is 12.2. The van der Waals surface area contributed by atoms with Gasteiger partial charge in [0.25, 0.3) is 5.91 Å². The molecule has 0 aliphatic heterocycles. The molecule has 1 heterocycles. The van der Waals surface area contributed by atoms with Crippen LogP contribution in [0.3, 0.4) is 0 Å². The number of para-hydroxylation sites is 1. The molecular weight excluding hydrogens is 312 g/mol. The van der Waals surface area contributed by atoms with Gasteiger partial charge in [-0.05, 0) is 49.0 Å². The van der Waals surface area contributed by atoms with Crippen LogP contribution in [0.1, 0.15) is 16.1 Å². The molecule has 3 rings (SSSR count). The Balaban J connectivity index is 1.70. The molecule has 3 aromatic rings. The molecule has 23 heavy (non-hydrogen) atoms. The molecule has 0 bridgehead atoms. The highest BCUT2D eigenvalue weighted by Crippen LogP contribution is 2.24. The summed E-state index contributed by atoms with van der Waals surface area (Å²) < 4.78 is 5.47. The van der Waals surface area contributed by atoms with Crippen molar-refractivity contribution < 1.29 is 14.3 Å².